The Hall–Kier alpha value is -3.64. The molecular weight excluding hydrogens is 428 g/mol. The first kappa shape index (κ1) is 23.0. The number of rotatable bonds is 6. The van der Waals surface area contributed by atoms with Crippen molar-refractivity contribution in [3.63, 3.8) is 0 Å². The molecule has 9 heteroatoms. The predicted octanol–water partition coefficient (Wildman–Crippen LogP) is 3.88. The summed E-state index contributed by atoms with van der Waals surface area (Å²) in [7, 11) is -4.10. The monoisotopic (exact) mass is 452 g/mol. The molecule has 1 amide bonds. The lowest BCUT2D eigenvalue weighted by Crippen LogP contribution is -2.44. The van der Waals surface area contributed by atoms with E-state index in [1.165, 1.54) is 18.3 Å². The molecule has 0 aliphatic heterocycles. The number of nitriles is 1. The van der Waals surface area contributed by atoms with Crippen LogP contribution in [0, 0.1) is 16.7 Å². The van der Waals surface area contributed by atoms with Gasteiger partial charge in [0.25, 0.3) is 10.0 Å². The molecular formula is C23H24N4O4S. The van der Waals surface area contributed by atoms with Crippen molar-refractivity contribution in [1.82, 2.24) is 14.3 Å². The quantitative estimate of drug-likeness (QED) is 0.585. The SMILES string of the molecule is CC(C)(C)C(Cc1cc(-c2cccnc2)n(S(=O)(=O)c2ccccc2C#N)c1)NC(=O)O. The number of aromatic nitrogens is 2. The minimum Gasteiger partial charge on any atom is -0.465 e. The van der Waals surface area contributed by atoms with Gasteiger partial charge in [0.15, 0.2) is 0 Å². The Kier molecular flexibility index (Phi) is 6.37. The molecule has 0 aliphatic rings. The summed E-state index contributed by atoms with van der Waals surface area (Å²) in [5, 5.41) is 21.2. The van der Waals surface area contributed by atoms with Crippen LogP contribution in [0.1, 0.15) is 31.9 Å². The summed E-state index contributed by atoms with van der Waals surface area (Å²) in [4.78, 5) is 15.3. The Labute approximate surface area is 187 Å². The third-order valence-electron chi connectivity index (χ3n) is 5.13. The van der Waals surface area contributed by atoms with Crippen molar-refractivity contribution >= 4 is 16.1 Å². The normalized spacial score (nSPS) is 12.7. The number of carboxylic acid groups (broad SMARTS) is 1. The van der Waals surface area contributed by atoms with E-state index in [4.69, 9.17) is 0 Å². The number of benzene rings is 1. The molecule has 2 N–H and O–H groups in total. The number of pyridine rings is 1. The van der Waals surface area contributed by atoms with Gasteiger partial charge in [0.1, 0.15) is 11.0 Å². The zero-order valence-corrected chi connectivity index (χ0v) is 18.8. The summed E-state index contributed by atoms with van der Waals surface area (Å²) in [6, 6.07) is 12.6. The Morgan fingerprint density at radius 3 is 2.56 bits per heavy atom. The highest BCUT2D eigenvalue weighted by Gasteiger charge is 2.29. The summed E-state index contributed by atoms with van der Waals surface area (Å²) in [5.74, 6) is 0. The van der Waals surface area contributed by atoms with Gasteiger partial charge in [-0.1, -0.05) is 32.9 Å². The molecule has 0 saturated carbocycles. The molecule has 0 radical (unpaired) electrons. The highest BCUT2D eigenvalue weighted by atomic mass is 32.2. The van der Waals surface area contributed by atoms with Gasteiger partial charge in [0, 0.05) is 30.2 Å². The van der Waals surface area contributed by atoms with Crippen LogP contribution in [0.15, 0.2) is 66.0 Å². The fourth-order valence-corrected chi connectivity index (χ4v) is 4.93. The first-order valence-corrected chi connectivity index (χ1v) is 11.3. The van der Waals surface area contributed by atoms with Crippen LogP contribution in [-0.2, 0) is 16.4 Å². The minimum atomic E-state index is -4.10. The number of hydrogen-bond donors (Lipinski definition) is 2. The molecule has 1 aromatic carbocycles. The van der Waals surface area contributed by atoms with Gasteiger partial charge in [0.05, 0.1) is 11.3 Å². The molecule has 32 heavy (non-hydrogen) atoms. The maximum atomic E-state index is 13.6. The standard InChI is InChI=1S/C23H24N4O4S/c1-23(2,3)21(26-22(28)29)12-16-11-19(18-8-6-10-25-14-18)27(15-16)32(30,31)20-9-5-4-7-17(20)13-24/h4-11,14-15,21,26H,12H2,1-3H3,(H,28,29). The predicted molar refractivity (Wildman–Crippen MR) is 120 cm³/mol. The van der Waals surface area contributed by atoms with Crippen molar-refractivity contribution in [1.29, 1.82) is 5.26 Å². The Morgan fingerprint density at radius 2 is 1.97 bits per heavy atom. The van der Waals surface area contributed by atoms with Crippen LogP contribution >= 0.6 is 0 Å². The maximum Gasteiger partial charge on any atom is 0.404 e. The molecule has 3 aromatic rings. The Balaban J connectivity index is 2.17. The summed E-state index contributed by atoms with van der Waals surface area (Å²) in [5.41, 5.74) is 1.23. The van der Waals surface area contributed by atoms with Gasteiger partial charge in [-0.15, -0.1) is 0 Å². The topological polar surface area (TPSA) is 125 Å². The average molecular weight is 453 g/mol. The van der Waals surface area contributed by atoms with Gasteiger partial charge in [-0.2, -0.15) is 5.26 Å². The molecule has 2 aromatic heterocycles. The van der Waals surface area contributed by atoms with E-state index in [2.05, 4.69) is 10.3 Å². The van der Waals surface area contributed by atoms with Crippen LogP contribution in [0.5, 0.6) is 0 Å². The fraction of sp³-hybridized carbons (Fsp3) is 0.261. The molecule has 166 valence electrons. The third-order valence-corrected chi connectivity index (χ3v) is 6.86. The minimum absolute atomic E-state index is 0.0417. The van der Waals surface area contributed by atoms with E-state index in [1.54, 1.807) is 42.7 Å². The smallest absolute Gasteiger partial charge is 0.404 e. The van der Waals surface area contributed by atoms with Crippen LogP contribution in [0.2, 0.25) is 0 Å². The van der Waals surface area contributed by atoms with Gasteiger partial charge in [-0.05, 0) is 47.7 Å². The molecule has 0 bridgehead atoms. The van der Waals surface area contributed by atoms with Crippen molar-refractivity contribution in [3.05, 3.63) is 72.2 Å². The van der Waals surface area contributed by atoms with E-state index in [0.717, 1.165) is 3.97 Å². The molecule has 8 nitrogen and oxygen atoms in total. The maximum absolute atomic E-state index is 13.6. The summed E-state index contributed by atoms with van der Waals surface area (Å²) >= 11 is 0. The van der Waals surface area contributed by atoms with E-state index in [-0.39, 0.29) is 16.9 Å². The Morgan fingerprint density at radius 1 is 1.25 bits per heavy atom. The lowest BCUT2D eigenvalue weighted by atomic mass is 9.83. The first-order chi connectivity index (χ1) is 15.0. The third kappa shape index (κ3) is 4.81. The van der Waals surface area contributed by atoms with E-state index >= 15 is 0 Å². The van der Waals surface area contributed by atoms with Crippen molar-refractivity contribution in [2.75, 3.05) is 0 Å². The molecule has 2 heterocycles. The van der Waals surface area contributed by atoms with Crippen molar-refractivity contribution in [3.8, 4) is 17.3 Å². The molecule has 0 fully saturated rings. The van der Waals surface area contributed by atoms with Crippen molar-refractivity contribution in [2.45, 2.75) is 38.1 Å². The van der Waals surface area contributed by atoms with E-state index < -0.39 is 27.6 Å². The molecule has 0 saturated heterocycles. The summed E-state index contributed by atoms with van der Waals surface area (Å²) in [6.45, 7) is 5.73. The van der Waals surface area contributed by atoms with Gasteiger partial charge in [0.2, 0.25) is 0 Å². The second kappa shape index (κ2) is 8.85. The summed E-state index contributed by atoms with van der Waals surface area (Å²) < 4.78 is 28.3. The van der Waals surface area contributed by atoms with E-state index in [1.807, 2.05) is 26.8 Å². The zero-order valence-electron chi connectivity index (χ0n) is 18.0. The number of hydrogen-bond acceptors (Lipinski definition) is 5. The van der Waals surface area contributed by atoms with Gasteiger partial charge >= 0.3 is 6.09 Å². The van der Waals surface area contributed by atoms with Gasteiger partial charge in [-0.25, -0.2) is 17.2 Å². The second-order valence-corrected chi connectivity index (χ2v) is 10.2. The molecule has 1 atom stereocenters. The van der Waals surface area contributed by atoms with Crippen molar-refractivity contribution in [2.24, 2.45) is 5.41 Å². The molecule has 3 rings (SSSR count). The molecule has 1 unspecified atom stereocenters. The zero-order chi connectivity index (χ0) is 23.5. The molecule has 0 spiro atoms. The first-order valence-electron chi connectivity index (χ1n) is 9.90. The van der Waals surface area contributed by atoms with Crippen LogP contribution in [0.3, 0.4) is 0 Å². The van der Waals surface area contributed by atoms with Crippen LogP contribution in [0.4, 0.5) is 4.79 Å². The average Bonchev–Trinajstić information content (AvgIpc) is 3.18. The van der Waals surface area contributed by atoms with E-state index in [9.17, 15) is 23.6 Å². The van der Waals surface area contributed by atoms with Crippen LogP contribution in [0.25, 0.3) is 11.3 Å². The Bertz CT molecular complexity index is 1270. The second-order valence-electron chi connectivity index (χ2n) is 8.46. The van der Waals surface area contributed by atoms with Crippen LogP contribution in [-0.4, -0.2) is 34.6 Å². The highest BCUT2D eigenvalue weighted by Crippen LogP contribution is 2.30. The highest BCUT2D eigenvalue weighted by molar-refractivity contribution is 7.90. The number of carbonyl (C=O) groups is 1. The van der Waals surface area contributed by atoms with Gasteiger partial charge < -0.3 is 10.4 Å². The lowest BCUT2D eigenvalue weighted by molar-refractivity contribution is 0.174. The van der Waals surface area contributed by atoms with E-state index in [0.29, 0.717) is 16.8 Å². The van der Waals surface area contributed by atoms with Crippen molar-refractivity contribution < 1.29 is 18.3 Å². The number of nitrogens with one attached hydrogen (secondary N) is 1. The largest absolute Gasteiger partial charge is 0.465 e. The lowest BCUT2D eigenvalue weighted by Gasteiger charge is -2.30. The number of nitrogens with zero attached hydrogens (tertiary/aromatic N) is 3. The summed E-state index contributed by atoms with van der Waals surface area (Å²) in [6.07, 6.45) is 3.76. The van der Waals surface area contributed by atoms with Crippen LogP contribution < -0.4 is 5.32 Å². The number of amides is 1. The van der Waals surface area contributed by atoms with Gasteiger partial charge in [-0.3, -0.25) is 4.98 Å². The molecule has 0 aliphatic carbocycles. The fourth-order valence-electron chi connectivity index (χ4n) is 3.38.